The zero-order valence-corrected chi connectivity index (χ0v) is 12.8. The van der Waals surface area contributed by atoms with E-state index in [-0.39, 0.29) is 5.91 Å². The lowest BCUT2D eigenvalue weighted by atomic mass is 10.2. The molecule has 0 radical (unpaired) electrons. The van der Waals surface area contributed by atoms with E-state index in [1.54, 1.807) is 24.9 Å². The Bertz CT molecular complexity index is 635. The number of carbonyl (C=O) groups is 1. The Hall–Kier alpha value is -2.20. The van der Waals surface area contributed by atoms with Gasteiger partial charge in [0.15, 0.2) is 0 Å². The van der Waals surface area contributed by atoms with Gasteiger partial charge in [-0.25, -0.2) is 0 Å². The number of amides is 1. The van der Waals surface area contributed by atoms with Crippen LogP contribution >= 0.6 is 11.8 Å². The van der Waals surface area contributed by atoms with E-state index in [1.807, 2.05) is 54.8 Å². The number of carbonyl (C=O) groups excluding carboxylic acids is 1. The predicted octanol–water partition coefficient (Wildman–Crippen LogP) is 4.07. The van der Waals surface area contributed by atoms with Crippen LogP contribution in [-0.4, -0.2) is 19.3 Å². The van der Waals surface area contributed by atoms with Crippen LogP contribution in [0.2, 0.25) is 0 Å². The van der Waals surface area contributed by atoms with Crippen LogP contribution in [0, 0.1) is 0 Å². The van der Waals surface area contributed by atoms with Crippen molar-refractivity contribution in [2.45, 2.75) is 4.90 Å². The summed E-state index contributed by atoms with van der Waals surface area (Å²) in [5, 5.41) is 2.85. The Morgan fingerprint density at radius 3 is 2.62 bits per heavy atom. The minimum absolute atomic E-state index is 0.149. The molecule has 0 fully saturated rings. The topological polar surface area (TPSA) is 38.3 Å². The Balaban J connectivity index is 1.98. The summed E-state index contributed by atoms with van der Waals surface area (Å²) in [5.41, 5.74) is 1.75. The number of anilines is 1. The van der Waals surface area contributed by atoms with Gasteiger partial charge in [-0.1, -0.05) is 18.2 Å². The number of hydrogen-bond donors (Lipinski definition) is 1. The largest absolute Gasteiger partial charge is 0.497 e. The highest BCUT2D eigenvalue weighted by atomic mass is 32.2. The summed E-state index contributed by atoms with van der Waals surface area (Å²) in [6, 6.07) is 15.3. The highest BCUT2D eigenvalue weighted by Gasteiger charge is 1.99. The van der Waals surface area contributed by atoms with Gasteiger partial charge in [0, 0.05) is 16.7 Å². The van der Waals surface area contributed by atoms with Gasteiger partial charge in [-0.05, 0) is 48.2 Å². The number of nitrogens with one attached hydrogen (secondary N) is 1. The van der Waals surface area contributed by atoms with Gasteiger partial charge < -0.3 is 10.1 Å². The fourth-order valence-electron chi connectivity index (χ4n) is 1.77. The average Bonchev–Trinajstić information content (AvgIpc) is 2.53. The van der Waals surface area contributed by atoms with Crippen molar-refractivity contribution in [3.05, 3.63) is 60.2 Å². The highest BCUT2D eigenvalue weighted by molar-refractivity contribution is 7.98. The van der Waals surface area contributed by atoms with Gasteiger partial charge in [0.05, 0.1) is 7.11 Å². The van der Waals surface area contributed by atoms with Crippen molar-refractivity contribution < 1.29 is 9.53 Å². The minimum Gasteiger partial charge on any atom is -0.497 e. The van der Waals surface area contributed by atoms with Gasteiger partial charge >= 0.3 is 0 Å². The second-order valence-corrected chi connectivity index (χ2v) is 5.21. The van der Waals surface area contributed by atoms with Crippen LogP contribution < -0.4 is 10.1 Å². The molecule has 0 aromatic heterocycles. The van der Waals surface area contributed by atoms with Gasteiger partial charge in [-0.3, -0.25) is 4.79 Å². The first-order valence-electron chi connectivity index (χ1n) is 6.48. The molecular formula is C17H17NO2S. The first-order chi connectivity index (χ1) is 10.2. The first-order valence-corrected chi connectivity index (χ1v) is 7.71. The van der Waals surface area contributed by atoms with Crippen molar-refractivity contribution in [2.24, 2.45) is 0 Å². The third kappa shape index (κ3) is 4.68. The Kier molecular flexibility index (Phi) is 5.46. The maximum Gasteiger partial charge on any atom is 0.248 e. The molecule has 0 aliphatic rings. The van der Waals surface area contributed by atoms with Crippen molar-refractivity contribution in [1.29, 1.82) is 0 Å². The monoisotopic (exact) mass is 299 g/mol. The smallest absolute Gasteiger partial charge is 0.248 e. The van der Waals surface area contributed by atoms with Crippen molar-refractivity contribution in [2.75, 3.05) is 18.7 Å². The second kappa shape index (κ2) is 7.55. The van der Waals surface area contributed by atoms with Crippen LogP contribution in [0.4, 0.5) is 5.69 Å². The van der Waals surface area contributed by atoms with Gasteiger partial charge in [0.2, 0.25) is 5.91 Å². The summed E-state index contributed by atoms with van der Waals surface area (Å²) in [6.07, 6.45) is 5.30. The molecule has 0 aliphatic heterocycles. The molecule has 2 aromatic carbocycles. The molecule has 2 aromatic rings. The van der Waals surface area contributed by atoms with E-state index >= 15 is 0 Å². The molecule has 0 unspecified atom stereocenters. The molecule has 0 heterocycles. The molecule has 0 saturated heterocycles. The van der Waals surface area contributed by atoms with Crippen molar-refractivity contribution >= 4 is 29.4 Å². The number of rotatable bonds is 5. The summed E-state index contributed by atoms with van der Waals surface area (Å²) in [4.78, 5) is 13.0. The van der Waals surface area contributed by atoms with Crippen LogP contribution in [0.25, 0.3) is 6.08 Å². The normalized spacial score (nSPS) is 10.6. The van der Waals surface area contributed by atoms with E-state index in [0.717, 1.165) is 21.9 Å². The lowest BCUT2D eigenvalue weighted by molar-refractivity contribution is -0.111. The van der Waals surface area contributed by atoms with Gasteiger partial charge in [0.1, 0.15) is 5.75 Å². The van der Waals surface area contributed by atoms with Crippen LogP contribution in [0.15, 0.2) is 59.5 Å². The maximum atomic E-state index is 11.9. The van der Waals surface area contributed by atoms with Crippen molar-refractivity contribution in [3.63, 3.8) is 0 Å². The molecular weight excluding hydrogens is 282 g/mol. The predicted molar refractivity (Wildman–Crippen MR) is 88.9 cm³/mol. The van der Waals surface area contributed by atoms with Crippen LogP contribution in [0.1, 0.15) is 5.56 Å². The standard InChI is InChI=1S/C17H17NO2S/c1-20-15-9-6-13(7-10-15)8-11-17(19)18-14-4-3-5-16(12-14)21-2/h3-12H,1-2H3,(H,18,19). The summed E-state index contributed by atoms with van der Waals surface area (Å²) in [7, 11) is 1.63. The van der Waals surface area contributed by atoms with Crippen molar-refractivity contribution in [3.8, 4) is 5.75 Å². The number of methoxy groups -OCH3 is 1. The van der Waals surface area contributed by atoms with Crippen molar-refractivity contribution in [1.82, 2.24) is 0 Å². The molecule has 0 aliphatic carbocycles. The quantitative estimate of drug-likeness (QED) is 0.668. The molecule has 1 amide bonds. The van der Waals surface area contributed by atoms with Crippen LogP contribution in [-0.2, 0) is 4.79 Å². The van der Waals surface area contributed by atoms with Gasteiger partial charge in [-0.15, -0.1) is 11.8 Å². The highest BCUT2D eigenvalue weighted by Crippen LogP contribution is 2.19. The van der Waals surface area contributed by atoms with Gasteiger partial charge in [-0.2, -0.15) is 0 Å². The lowest BCUT2D eigenvalue weighted by Gasteiger charge is -2.04. The number of hydrogen-bond acceptors (Lipinski definition) is 3. The zero-order valence-electron chi connectivity index (χ0n) is 12.0. The minimum atomic E-state index is -0.149. The third-order valence-corrected chi connectivity index (χ3v) is 3.61. The Morgan fingerprint density at radius 2 is 1.95 bits per heavy atom. The maximum absolute atomic E-state index is 11.9. The average molecular weight is 299 g/mol. The van der Waals surface area contributed by atoms with E-state index < -0.39 is 0 Å². The fraction of sp³-hybridized carbons (Fsp3) is 0.118. The Labute approximate surface area is 129 Å². The molecule has 4 heteroatoms. The third-order valence-electron chi connectivity index (χ3n) is 2.88. The first kappa shape index (κ1) is 15.2. The molecule has 2 rings (SSSR count). The molecule has 1 N–H and O–H groups in total. The molecule has 0 spiro atoms. The SMILES string of the molecule is COc1ccc(C=CC(=O)Nc2cccc(SC)c2)cc1. The fourth-order valence-corrected chi connectivity index (χ4v) is 2.23. The van der Waals surface area contributed by atoms with E-state index in [4.69, 9.17) is 4.74 Å². The van der Waals surface area contributed by atoms with E-state index in [0.29, 0.717) is 0 Å². The lowest BCUT2D eigenvalue weighted by Crippen LogP contribution is -2.07. The summed E-state index contributed by atoms with van der Waals surface area (Å²) < 4.78 is 5.09. The molecule has 21 heavy (non-hydrogen) atoms. The number of ether oxygens (including phenoxy) is 1. The van der Waals surface area contributed by atoms with Crippen LogP contribution in [0.3, 0.4) is 0 Å². The molecule has 0 bridgehead atoms. The molecule has 0 saturated carbocycles. The second-order valence-electron chi connectivity index (χ2n) is 4.33. The van der Waals surface area contributed by atoms with E-state index in [2.05, 4.69) is 5.32 Å². The summed E-state index contributed by atoms with van der Waals surface area (Å²) in [5.74, 6) is 0.648. The summed E-state index contributed by atoms with van der Waals surface area (Å²) in [6.45, 7) is 0. The number of benzene rings is 2. The molecule has 0 atom stereocenters. The van der Waals surface area contributed by atoms with Gasteiger partial charge in [0.25, 0.3) is 0 Å². The zero-order chi connectivity index (χ0) is 15.1. The van der Waals surface area contributed by atoms with E-state index in [9.17, 15) is 4.79 Å². The Morgan fingerprint density at radius 1 is 1.19 bits per heavy atom. The molecule has 3 nitrogen and oxygen atoms in total. The summed E-state index contributed by atoms with van der Waals surface area (Å²) >= 11 is 1.64. The van der Waals surface area contributed by atoms with E-state index in [1.165, 1.54) is 6.08 Å². The van der Waals surface area contributed by atoms with Crippen LogP contribution in [0.5, 0.6) is 5.75 Å². The molecule has 108 valence electrons. The number of thioether (sulfide) groups is 1.